The number of alkyl halides is 3. The van der Waals surface area contributed by atoms with Crippen molar-refractivity contribution in [3.63, 3.8) is 0 Å². The third-order valence-electron chi connectivity index (χ3n) is 14.2. The zero-order valence-electron chi connectivity index (χ0n) is 40.8. The molecule has 0 aliphatic carbocycles. The predicted molar refractivity (Wildman–Crippen MR) is 296 cm³/mol. The van der Waals surface area contributed by atoms with Crippen molar-refractivity contribution in [3.05, 3.63) is 239 Å². The molecule has 78 heavy (non-hydrogen) atoms. The van der Waals surface area contributed by atoms with Crippen molar-refractivity contribution in [2.24, 2.45) is 0 Å². The normalized spacial score (nSPS) is 11.2. The summed E-state index contributed by atoms with van der Waals surface area (Å²) in [7, 11) is 0. The van der Waals surface area contributed by atoms with Gasteiger partial charge in [-0.1, -0.05) is 97.1 Å². The number of rotatable bonds is 7. The fraction of sp³-hybridized carbons (Fsp3) is 0.0149. The summed E-state index contributed by atoms with van der Waals surface area (Å²) in [6.07, 6.45) is -4.88. The summed E-state index contributed by atoms with van der Waals surface area (Å²) in [4.78, 5) is 0. The summed E-state index contributed by atoms with van der Waals surface area (Å²) in [6.45, 7) is 0. The fourth-order valence-corrected chi connectivity index (χ4v) is 10.7. The molecule has 11 heteroatoms. The first-order valence-electron chi connectivity index (χ1n) is 24.4. The summed E-state index contributed by atoms with van der Waals surface area (Å²) in [5, 5.41) is 64.5. The summed E-state index contributed by atoms with van der Waals surface area (Å²) < 4.78 is 49.8. The van der Waals surface area contributed by atoms with Gasteiger partial charge in [0.1, 0.15) is 0 Å². The monoisotopic (exact) mass is 1010 g/mol. The molecule has 8 nitrogen and oxygen atoms in total. The lowest BCUT2D eigenvalue weighted by atomic mass is 9.94. The molecule has 0 saturated carbocycles. The molecule has 0 spiro atoms. The number of hydrogen-bond acceptors (Lipinski definition) is 6. The minimum atomic E-state index is -4.88. The van der Waals surface area contributed by atoms with Crippen LogP contribution in [0, 0.1) is 68.0 Å². The number of benzene rings is 10. The average Bonchev–Trinajstić information content (AvgIpc) is 4.23. The van der Waals surface area contributed by atoms with Crippen LogP contribution in [-0.2, 0) is 6.18 Å². The van der Waals surface area contributed by atoms with Gasteiger partial charge in [-0.3, -0.25) is 0 Å². The van der Waals surface area contributed by atoms with Gasteiger partial charge in [-0.05, 0) is 153 Å². The van der Waals surface area contributed by atoms with Gasteiger partial charge in [0.15, 0.2) is 0 Å². The largest absolute Gasteiger partial charge is 0.416 e. The lowest BCUT2D eigenvalue weighted by Gasteiger charge is -2.22. The fourth-order valence-electron chi connectivity index (χ4n) is 10.7. The zero-order valence-corrected chi connectivity index (χ0v) is 40.8. The number of nitriles is 6. The molecule has 12 rings (SSSR count). The molecule has 2 heterocycles. The van der Waals surface area contributed by atoms with Gasteiger partial charge in [-0.15, -0.1) is 0 Å². The molecule has 0 fully saturated rings. The van der Waals surface area contributed by atoms with E-state index in [2.05, 4.69) is 30.3 Å². The number of fused-ring (bicyclic) bond motifs is 6. The lowest BCUT2D eigenvalue weighted by Crippen LogP contribution is -2.08. The van der Waals surface area contributed by atoms with Crippen LogP contribution in [0.15, 0.2) is 200 Å². The van der Waals surface area contributed by atoms with E-state index in [0.717, 1.165) is 78.2 Å². The first-order chi connectivity index (χ1) is 38.0. The molecule has 0 bridgehead atoms. The molecular weight excluding hydrogens is 974 g/mol. The van der Waals surface area contributed by atoms with Gasteiger partial charge in [-0.25, -0.2) is 0 Å². The Hall–Kier alpha value is -11.5. The average molecular weight is 1010 g/mol. The van der Waals surface area contributed by atoms with Crippen LogP contribution in [0.5, 0.6) is 0 Å². The van der Waals surface area contributed by atoms with E-state index in [-0.39, 0.29) is 22.3 Å². The van der Waals surface area contributed by atoms with E-state index >= 15 is 13.2 Å². The second-order valence-electron chi connectivity index (χ2n) is 18.8. The summed E-state index contributed by atoms with van der Waals surface area (Å²) >= 11 is 0. The van der Waals surface area contributed by atoms with E-state index in [1.807, 2.05) is 112 Å². The lowest BCUT2D eigenvalue weighted by molar-refractivity contribution is -0.137. The Morgan fingerprint density at radius 3 is 0.859 bits per heavy atom. The standard InChI is InChI=1S/C67H33F3N8/c68-67(69,70)55-26-44(38-75)25-54(29-55)66-64(77-60-30-50(46-9-1-5-40(21-46)34-71)13-17-56(60)57-18-14-51(31-61(57)77)47-10-2-6-41(22-47)35-72)27-45(39-76)28-65(66)78-62-32-52(48-11-3-7-42(23-48)36-73)15-19-58(62)59-20-16-53(33-63(59)78)49-12-4-8-43(24-49)37-74/h1-33H. The number of hydrogen-bond donors (Lipinski definition) is 0. The van der Waals surface area contributed by atoms with Crippen LogP contribution in [0.3, 0.4) is 0 Å². The molecular formula is C67H33F3N8. The van der Waals surface area contributed by atoms with Gasteiger partial charge in [0.05, 0.1) is 109 Å². The van der Waals surface area contributed by atoms with Gasteiger partial charge in [-0.2, -0.15) is 44.7 Å². The molecule has 0 radical (unpaired) electrons. The molecule has 0 unspecified atom stereocenters. The predicted octanol–water partition coefficient (Wildman–Crippen LogP) is 16.5. The quantitative estimate of drug-likeness (QED) is 0.155. The first kappa shape index (κ1) is 47.5. The number of nitrogens with zero attached hydrogens (tertiary/aromatic N) is 8. The van der Waals surface area contributed by atoms with Crippen LogP contribution in [0.4, 0.5) is 13.2 Å². The van der Waals surface area contributed by atoms with Crippen LogP contribution < -0.4 is 0 Å². The van der Waals surface area contributed by atoms with Gasteiger partial charge in [0.2, 0.25) is 0 Å². The number of aromatic nitrogens is 2. The molecule has 2 aromatic heterocycles. The third-order valence-corrected chi connectivity index (χ3v) is 14.2. The van der Waals surface area contributed by atoms with E-state index in [1.165, 1.54) is 6.07 Å². The second kappa shape index (κ2) is 18.8. The van der Waals surface area contributed by atoms with Crippen LogP contribution in [0.2, 0.25) is 0 Å². The Labute approximate surface area is 444 Å². The number of halogens is 3. The van der Waals surface area contributed by atoms with E-state index in [9.17, 15) is 31.6 Å². The molecule has 362 valence electrons. The Kier molecular flexibility index (Phi) is 11.4. The molecule has 0 aliphatic heterocycles. The van der Waals surface area contributed by atoms with Crippen molar-refractivity contribution in [2.45, 2.75) is 6.18 Å². The maximum absolute atomic E-state index is 15.3. The van der Waals surface area contributed by atoms with E-state index in [0.29, 0.717) is 55.7 Å². The Morgan fingerprint density at radius 2 is 0.564 bits per heavy atom. The van der Waals surface area contributed by atoms with Gasteiger partial charge in [0.25, 0.3) is 0 Å². The van der Waals surface area contributed by atoms with Crippen LogP contribution in [0.1, 0.15) is 38.9 Å². The Morgan fingerprint density at radius 1 is 0.282 bits per heavy atom. The molecule has 0 amide bonds. The zero-order chi connectivity index (χ0) is 53.8. The van der Waals surface area contributed by atoms with Crippen LogP contribution in [0.25, 0.3) is 111 Å². The van der Waals surface area contributed by atoms with Gasteiger partial charge < -0.3 is 9.13 Å². The van der Waals surface area contributed by atoms with Crippen molar-refractivity contribution in [2.75, 3.05) is 0 Å². The van der Waals surface area contributed by atoms with E-state index in [1.54, 1.807) is 84.9 Å². The smallest absolute Gasteiger partial charge is 0.308 e. The summed E-state index contributed by atoms with van der Waals surface area (Å²) in [5.74, 6) is 0. The summed E-state index contributed by atoms with van der Waals surface area (Å²) in [6, 6.07) is 72.0. The first-order valence-corrected chi connectivity index (χ1v) is 24.4. The highest BCUT2D eigenvalue weighted by Gasteiger charge is 2.33. The van der Waals surface area contributed by atoms with Crippen LogP contribution >= 0.6 is 0 Å². The Balaban J connectivity index is 1.28. The van der Waals surface area contributed by atoms with Gasteiger partial charge in [0, 0.05) is 27.1 Å². The minimum Gasteiger partial charge on any atom is -0.308 e. The van der Waals surface area contributed by atoms with Crippen molar-refractivity contribution in [1.29, 1.82) is 31.6 Å². The van der Waals surface area contributed by atoms with Crippen molar-refractivity contribution < 1.29 is 13.2 Å². The van der Waals surface area contributed by atoms with Crippen LogP contribution in [-0.4, -0.2) is 9.13 Å². The third kappa shape index (κ3) is 8.17. The van der Waals surface area contributed by atoms with Crippen molar-refractivity contribution >= 4 is 43.6 Å². The van der Waals surface area contributed by atoms with E-state index in [4.69, 9.17) is 0 Å². The molecule has 0 aliphatic rings. The molecule has 0 N–H and O–H groups in total. The Bertz CT molecular complexity index is 4330. The maximum atomic E-state index is 15.3. The molecule has 12 aromatic rings. The highest BCUT2D eigenvalue weighted by atomic mass is 19.4. The van der Waals surface area contributed by atoms with Crippen molar-refractivity contribution in [3.8, 4) is 103 Å². The minimum absolute atomic E-state index is 0.0346. The molecule has 0 saturated heterocycles. The highest BCUT2D eigenvalue weighted by molar-refractivity contribution is 6.14. The second-order valence-corrected chi connectivity index (χ2v) is 18.8. The highest BCUT2D eigenvalue weighted by Crippen LogP contribution is 2.46. The SMILES string of the molecule is N#Cc1cccc(-c2ccc3c4ccc(-c5cccc(C#N)c5)cc4n(-c4cc(C#N)cc(-n5c6cc(-c7cccc(C#N)c7)ccc6c6ccc(-c7cccc(C#N)c7)cc65)c4-c4cc(C#N)cc(C(F)(F)F)c4)c3c2)c1. The van der Waals surface area contributed by atoms with Gasteiger partial charge >= 0.3 is 6.18 Å². The maximum Gasteiger partial charge on any atom is 0.416 e. The van der Waals surface area contributed by atoms with Crippen molar-refractivity contribution in [1.82, 2.24) is 9.13 Å². The molecule has 10 aromatic carbocycles. The topological polar surface area (TPSA) is 153 Å². The summed E-state index contributed by atoms with van der Waals surface area (Å²) in [5.41, 5.74) is 9.88. The van der Waals surface area contributed by atoms with E-state index < -0.39 is 11.7 Å². The molecule has 0 atom stereocenters.